The van der Waals surface area contributed by atoms with Crippen molar-refractivity contribution in [1.82, 2.24) is 15.2 Å². The van der Waals surface area contributed by atoms with Crippen LogP contribution in [0.15, 0.2) is 30.5 Å². The monoisotopic (exact) mass is 240 g/mol. The first-order valence-corrected chi connectivity index (χ1v) is 6.06. The molecule has 3 rings (SSSR count). The number of hydrogen-bond donors (Lipinski definition) is 3. The summed E-state index contributed by atoms with van der Waals surface area (Å²) in [7, 11) is 0. The minimum absolute atomic E-state index is 0.791. The van der Waals surface area contributed by atoms with E-state index in [1.165, 1.54) is 16.5 Å². The van der Waals surface area contributed by atoms with E-state index in [1.807, 2.05) is 20.0 Å². The fourth-order valence-corrected chi connectivity index (χ4v) is 2.29. The summed E-state index contributed by atoms with van der Waals surface area (Å²) in [5.74, 6) is 0. The second-order valence-corrected chi connectivity index (χ2v) is 4.52. The molecule has 0 saturated carbocycles. The van der Waals surface area contributed by atoms with E-state index in [4.69, 9.17) is 0 Å². The highest BCUT2D eigenvalue weighted by Gasteiger charge is 2.07. The summed E-state index contributed by atoms with van der Waals surface area (Å²) < 4.78 is 0. The van der Waals surface area contributed by atoms with Crippen molar-refractivity contribution in [3.63, 3.8) is 0 Å². The van der Waals surface area contributed by atoms with Crippen LogP contribution in [-0.2, 0) is 6.54 Å². The van der Waals surface area contributed by atoms with Crippen molar-refractivity contribution in [2.45, 2.75) is 20.4 Å². The van der Waals surface area contributed by atoms with Gasteiger partial charge in [-0.1, -0.05) is 18.2 Å². The molecule has 0 unspecified atom stereocenters. The van der Waals surface area contributed by atoms with Crippen molar-refractivity contribution < 1.29 is 0 Å². The first-order valence-electron chi connectivity index (χ1n) is 6.06. The molecule has 3 aromatic rings. The number of fused-ring (bicyclic) bond motifs is 1. The van der Waals surface area contributed by atoms with Crippen LogP contribution in [0.3, 0.4) is 0 Å². The van der Waals surface area contributed by atoms with Crippen molar-refractivity contribution in [1.29, 1.82) is 0 Å². The van der Waals surface area contributed by atoms with Crippen molar-refractivity contribution in [2.75, 3.05) is 5.32 Å². The maximum atomic E-state index is 4.19. The highest BCUT2D eigenvalue weighted by molar-refractivity contribution is 5.82. The lowest BCUT2D eigenvalue weighted by molar-refractivity contribution is 1.02. The van der Waals surface area contributed by atoms with Crippen LogP contribution < -0.4 is 5.32 Å². The summed E-state index contributed by atoms with van der Waals surface area (Å²) in [6, 6.07) is 8.43. The Morgan fingerprint density at radius 1 is 1.22 bits per heavy atom. The molecule has 2 aromatic heterocycles. The molecule has 0 aliphatic heterocycles. The molecule has 0 aliphatic rings. The highest BCUT2D eigenvalue weighted by Crippen LogP contribution is 2.20. The van der Waals surface area contributed by atoms with Crippen molar-refractivity contribution >= 4 is 16.6 Å². The standard InChI is InChI=1S/C14H16N4/c1-9-13(10(2)18-17-9)16-8-12-5-3-4-11-6-7-15-14(11)12/h3-7,15-16H,8H2,1-2H3,(H,17,18). The van der Waals surface area contributed by atoms with Crippen molar-refractivity contribution in [3.05, 3.63) is 47.4 Å². The summed E-state index contributed by atoms with van der Waals surface area (Å²) in [4.78, 5) is 3.28. The Bertz CT molecular complexity index is 658. The van der Waals surface area contributed by atoms with Gasteiger partial charge in [0.25, 0.3) is 0 Å². The second kappa shape index (κ2) is 4.22. The molecule has 18 heavy (non-hydrogen) atoms. The fourth-order valence-electron chi connectivity index (χ4n) is 2.29. The van der Waals surface area contributed by atoms with Crippen LogP contribution in [0.25, 0.3) is 10.9 Å². The normalized spacial score (nSPS) is 11.0. The highest BCUT2D eigenvalue weighted by atomic mass is 15.1. The third-order valence-electron chi connectivity index (χ3n) is 3.26. The van der Waals surface area contributed by atoms with Gasteiger partial charge in [-0.05, 0) is 30.9 Å². The Labute approximate surface area is 105 Å². The third-order valence-corrected chi connectivity index (χ3v) is 3.26. The third kappa shape index (κ3) is 1.76. The van der Waals surface area contributed by atoms with E-state index < -0.39 is 0 Å². The van der Waals surface area contributed by atoms with Crippen molar-refractivity contribution in [2.24, 2.45) is 0 Å². The molecule has 0 aliphatic carbocycles. The first-order chi connectivity index (χ1) is 8.75. The number of aryl methyl sites for hydroxylation is 2. The van der Waals surface area contributed by atoms with Crippen LogP contribution in [-0.4, -0.2) is 15.2 Å². The molecule has 4 heteroatoms. The summed E-state index contributed by atoms with van der Waals surface area (Å²) in [5.41, 5.74) is 5.64. The molecule has 0 saturated heterocycles. The van der Waals surface area contributed by atoms with Gasteiger partial charge in [-0.2, -0.15) is 5.10 Å². The lowest BCUT2D eigenvalue weighted by Gasteiger charge is -2.07. The number of H-pyrrole nitrogens is 2. The first kappa shape index (κ1) is 10.9. The Morgan fingerprint density at radius 2 is 2.11 bits per heavy atom. The molecule has 92 valence electrons. The SMILES string of the molecule is Cc1n[nH]c(C)c1NCc1cccc2cc[nH]c12. The molecule has 0 bridgehead atoms. The van der Waals surface area contributed by atoms with E-state index in [9.17, 15) is 0 Å². The van der Waals surface area contributed by atoms with Gasteiger partial charge in [0.1, 0.15) is 0 Å². The largest absolute Gasteiger partial charge is 0.378 e. The minimum atomic E-state index is 0.791. The van der Waals surface area contributed by atoms with Crippen LogP contribution in [0.5, 0.6) is 0 Å². The zero-order valence-corrected chi connectivity index (χ0v) is 10.5. The molecular formula is C14H16N4. The van der Waals surface area contributed by atoms with Gasteiger partial charge in [0.05, 0.1) is 22.6 Å². The van der Waals surface area contributed by atoms with Gasteiger partial charge in [-0.25, -0.2) is 0 Å². The van der Waals surface area contributed by atoms with Crippen LogP contribution in [0, 0.1) is 13.8 Å². The molecule has 1 aromatic carbocycles. The van der Waals surface area contributed by atoms with Gasteiger partial charge in [0.2, 0.25) is 0 Å². The lowest BCUT2D eigenvalue weighted by atomic mass is 10.1. The van der Waals surface area contributed by atoms with Gasteiger partial charge >= 0.3 is 0 Å². The zero-order chi connectivity index (χ0) is 12.5. The summed E-state index contributed by atoms with van der Waals surface area (Å²) in [5, 5.41) is 11.9. The smallest absolute Gasteiger partial charge is 0.0825 e. The van der Waals surface area contributed by atoms with Gasteiger partial charge in [0.15, 0.2) is 0 Å². The van der Waals surface area contributed by atoms with Crippen LogP contribution in [0.4, 0.5) is 5.69 Å². The number of nitrogens with zero attached hydrogens (tertiary/aromatic N) is 1. The fraction of sp³-hybridized carbons (Fsp3) is 0.214. The number of rotatable bonds is 3. The number of aromatic amines is 2. The van der Waals surface area contributed by atoms with E-state index in [2.05, 4.69) is 44.8 Å². The maximum absolute atomic E-state index is 4.19. The molecule has 0 spiro atoms. The maximum Gasteiger partial charge on any atom is 0.0825 e. The quantitative estimate of drug-likeness (QED) is 0.658. The summed E-state index contributed by atoms with van der Waals surface area (Å²) >= 11 is 0. The van der Waals surface area contributed by atoms with Gasteiger partial charge in [-0.15, -0.1) is 0 Å². The van der Waals surface area contributed by atoms with Gasteiger partial charge in [-0.3, -0.25) is 5.10 Å². The van der Waals surface area contributed by atoms with Crippen molar-refractivity contribution in [3.8, 4) is 0 Å². The van der Waals surface area contributed by atoms with E-state index >= 15 is 0 Å². The predicted molar refractivity (Wildman–Crippen MR) is 73.7 cm³/mol. The van der Waals surface area contributed by atoms with Crippen LogP contribution in [0.2, 0.25) is 0 Å². The zero-order valence-electron chi connectivity index (χ0n) is 10.5. The van der Waals surface area contributed by atoms with Gasteiger partial charge in [0, 0.05) is 12.7 Å². The average molecular weight is 240 g/mol. The number of para-hydroxylation sites is 1. The molecule has 4 nitrogen and oxygen atoms in total. The molecule has 2 heterocycles. The number of hydrogen-bond acceptors (Lipinski definition) is 2. The van der Waals surface area contributed by atoms with Gasteiger partial charge < -0.3 is 10.3 Å². The summed E-state index contributed by atoms with van der Waals surface area (Å²) in [6.07, 6.45) is 1.97. The molecule has 0 amide bonds. The van der Waals surface area contributed by atoms with Crippen LogP contribution >= 0.6 is 0 Å². The molecule has 3 N–H and O–H groups in total. The molecular weight excluding hydrogens is 224 g/mol. The van der Waals surface area contributed by atoms with E-state index in [-0.39, 0.29) is 0 Å². The van der Waals surface area contributed by atoms with E-state index in [0.717, 1.165) is 23.6 Å². The average Bonchev–Trinajstić information content (AvgIpc) is 2.95. The predicted octanol–water partition coefficient (Wildman–Crippen LogP) is 3.12. The summed E-state index contributed by atoms with van der Waals surface area (Å²) in [6.45, 7) is 4.82. The Morgan fingerprint density at radius 3 is 2.89 bits per heavy atom. The Balaban J connectivity index is 1.87. The number of nitrogens with one attached hydrogen (secondary N) is 3. The van der Waals surface area contributed by atoms with Crippen LogP contribution in [0.1, 0.15) is 17.0 Å². The van der Waals surface area contributed by atoms with E-state index in [1.54, 1.807) is 0 Å². The Kier molecular flexibility index (Phi) is 2.55. The second-order valence-electron chi connectivity index (χ2n) is 4.52. The minimum Gasteiger partial charge on any atom is -0.378 e. The Hall–Kier alpha value is -2.23. The number of aromatic nitrogens is 3. The topological polar surface area (TPSA) is 56.5 Å². The number of anilines is 1. The van der Waals surface area contributed by atoms with E-state index in [0.29, 0.717) is 0 Å². The molecule has 0 radical (unpaired) electrons. The molecule has 0 atom stereocenters. The molecule has 0 fully saturated rings. The number of benzene rings is 1. The lowest BCUT2D eigenvalue weighted by Crippen LogP contribution is -2.01.